The van der Waals surface area contributed by atoms with Gasteiger partial charge in [0.05, 0.1) is 18.1 Å². The van der Waals surface area contributed by atoms with E-state index in [0.717, 1.165) is 72.0 Å². The number of rotatable bonds is 11. The maximum Gasteiger partial charge on any atom is 0.314 e. The first-order valence-corrected chi connectivity index (χ1v) is 16.5. The number of hydrogen-bond donors (Lipinski definition) is 1. The third kappa shape index (κ3) is 5.69. The topological polar surface area (TPSA) is 108 Å². The first-order valence-electron chi connectivity index (χ1n) is 16.5. The van der Waals surface area contributed by atoms with Crippen molar-refractivity contribution in [1.29, 1.82) is 0 Å². The first-order chi connectivity index (χ1) is 21.9. The second-order valence-electron chi connectivity index (χ2n) is 12.8. The van der Waals surface area contributed by atoms with Gasteiger partial charge < -0.3 is 4.74 Å². The highest BCUT2D eigenvalue weighted by Crippen LogP contribution is 2.53. The predicted octanol–water partition coefficient (Wildman–Crippen LogP) is 6.84. The number of aromatic amines is 1. The van der Waals surface area contributed by atoms with E-state index in [1.54, 1.807) is 0 Å². The molecule has 1 N–H and O–H groups in total. The lowest BCUT2D eigenvalue weighted by molar-refractivity contribution is -0.159. The molecule has 0 spiro atoms. The Labute approximate surface area is 264 Å². The summed E-state index contributed by atoms with van der Waals surface area (Å²) in [5.41, 5.74) is 7.94. The van der Waals surface area contributed by atoms with Gasteiger partial charge in [-0.15, -0.1) is 10.2 Å². The molecule has 1 atom stereocenters. The number of tetrazole rings is 1. The van der Waals surface area contributed by atoms with E-state index in [1.165, 1.54) is 11.1 Å². The second-order valence-corrected chi connectivity index (χ2v) is 12.8. The van der Waals surface area contributed by atoms with Gasteiger partial charge in [-0.1, -0.05) is 79.4 Å². The molecule has 0 fully saturated rings. The van der Waals surface area contributed by atoms with Gasteiger partial charge in [0.1, 0.15) is 0 Å². The van der Waals surface area contributed by atoms with Crippen molar-refractivity contribution in [2.45, 2.75) is 98.1 Å². The molecule has 6 rings (SSSR count). The molecule has 0 saturated heterocycles. The van der Waals surface area contributed by atoms with Crippen LogP contribution in [-0.2, 0) is 28.9 Å². The quantitative estimate of drug-likeness (QED) is 0.114. The Morgan fingerprint density at radius 2 is 1.76 bits per heavy atom. The van der Waals surface area contributed by atoms with Gasteiger partial charge in [-0.2, -0.15) is 5.21 Å². The van der Waals surface area contributed by atoms with Crippen molar-refractivity contribution in [2.75, 3.05) is 6.61 Å². The Bertz CT molecular complexity index is 1730. The van der Waals surface area contributed by atoms with Crippen molar-refractivity contribution in [3.63, 3.8) is 0 Å². The third-order valence-corrected chi connectivity index (χ3v) is 9.91. The van der Waals surface area contributed by atoms with Crippen LogP contribution in [-0.4, -0.2) is 42.6 Å². The number of carbonyl (C=O) groups is 1. The highest BCUT2D eigenvalue weighted by atomic mass is 16.5. The molecule has 2 aliphatic rings. The number of nitrogens with one attached hydrogen (secondary N) is 1. The summed E-state index contributed by atoms with van der Waals surface area (Å²) in [6.45, 7) is 9.39. The number of aromatic nitrogens is 6. The number of carbonyl (C=O) groups excluding carboxylic acids is 1. The van der Waals surface area contributed by atoms with Crippen molar-refractivity contribution in [2.24, 2.45) is 5.41 Å². The lowest BCUT2D eigenvalue weighted by Crippen LogP contribution is -2.45. The third-order valence-electron chi connectivity index (χ3n) is 9.91. The number of esters is 1. The lowest BCUT2D eigenvalue weighted by Gasteiger charge is -2.41. The summed E-state index contributed by atoms with van der Waals surface area (Å²) < 4.78 is 9.97. The number of hydrogen-bond acceptors (Lipinski definition) is 6. The molecular formula is C36H44N6O3. The van der Waals surface area contributed by atoms with Crippen LogP contribution in [0.3, 0.4) is 0 Å². The zero-order valence-electron chi connectivity index (χ0n) is 26.9. The highest BCUT2D eigenvalue weighted by Gasteiger charge is 2.53. The van der Waals surface area contributed by atoms with Crippen LogP contribution in [0.2, 0.25) is 0 Å². The van der Waals surface area contributed by atoms with E-state index >= 15 is 0 Å². The number of ether oxygens (including phenoxy) is 1. The van der Waals surface area contributed by atoms with Crippen LogP contribution in [0.5, 0.6) is 0 Å². The Balaban J connectivity index is 1.38. The first kappa shape index (κ1) is 30.7. The monoisotopic (exact) mass is 608 g/mol. The smallest absolute Gasteiger partial charge is 0.314 e. The number of benzene rings is 2. The summed E-state index contributed by atoms with van der Waals surface area (Å²) in [7, 11) is 0. The summed E-state index contributed by atoms with van der Waals surface area (Å²) in [6.07, 6.45) is 7.69. The maximum absolute atomic E-state index is 14.2. The summed E-state index contributed by atoms with van der Waals surface area (Å²) in [4.78, 5) is 28.0. The summed E-state index contributed by atoms with van der Waals surface area (Å²) in [5.74, 6) is 0.426. The molecule has 2 aromatic carbocycles. The largest absolute Gasteiger partial charge is 0.465 e. The Hall–Kier alpha value is -4.27. The van der Waals surface area contributed by atoms with E-state index in [4.69, 9.17) is 4.74 Å². The molecule has 1 aliphatic carbocycles. The van der Waals surface area contributed by atoms with E-state index in [1.807, 2.05) is 29.8 Å². The van der Waals surface area contributed by atoms with E-state index in [0.29, 0.717) is 38.2 Å². The van der Waals surface area contributed by atoms with Gasteiger partial charge in [-0.05, 0) is 81.2 Å². The predicted molar refractivity (Wildman–Crippen MR) is 175 cm³/mol. The van der Waals surface area contributed by atoms with Gasteiger partial charge in [0.15, 0.2) is 0 Å². The number of unbranched alkanes of at least 4 members (excludes halogenated alkanes) is 2. The molecule has 0 bridgehead atoms. The number of fused-ring (bicyclic) bond motifs is 1. The molecule has 0 radical (unpaired) electrons. The summed E-state index contributed by atoms with van der Waals surface area (Å²) >= 11 is 0. The zero-order valence-corrected chi connectivity index (χ0v) is 26.9. The molecule has 0 amide bonds. The normalized spacial score (nSPS) is 17.5. The molecule has 236 valence electrons. The van der Waals surface area contributed by atoms with E-state index in [2.05, 4.69) is 76.4 Å². The molecule has 1 aliphatic heterocycles. The van der Waals surface area contributed by atoms with Crippen LogP contribution in [0.15, 0.2) is 64.5 Å². The van der Waals surface area contributed by atoms with E-state index < -0.39 is 5.41 Å². The van der Waals surface area contributed by atoms with E-state index in [9.17, 15) is 9.59 Å². The van der Waals surface area contributed by atoms with Gasteiger partial charge in [-0.25, -0.2) is 4.68 Å². The molecule has 4 aromatic rings. The standard InChI is InChI=1S/C36H44N6O3/c1-5-7-8-14-31-30(21-26-16-18-27(19-17-26)28-12-9-10-13-29(28)33-37-39-40-38-33)34(43)41-20-11-15-32(42(31)41)36(35(44)45-6-2)22-24(3)25(4)23-36/h9-10,12-13,16-19,32H,5-8,11,14-15,20-23H2,1-4H3,(H,37,38,39,40). The van der Waals surface area contributed by atoms with Crippen molar-refractivity contribution in [1.82, 2.24) is 30.0 Å². The van der Waals surface area contributed by atoms with Gasteiger partial charge >= 0.3 is 5.97 Å². The molecular weight excluding hydrogens is 564 g/mol. The Morgan fingerprint density at radius 1 is 1.02 bits per heavy atom. The molecule has 1 unspecified atom stereocenters. The van der Waals surface area contributed by atoms with Gasteiger partial charge in [0.25, 0.3) is 5.56 Å². The zero-order chi connectivity index (χ0) is 31.6. The van der Waals surface area contributed by atoms with Crippen LogP contribution >= 0.6 is 0 Å². The molecule has 2 aromatic heterocycles. The van der Waals surface area contributed by atoms with Crippen molar-refractivity contribution >= 4 is 5.97 Å². The minimum Gasteiger partial charge on any atom is -0.465 e. The van der Waals surface area contributed by atoms with Gasteiger partial charge in [-0.3, -0.25) is 14.3 Å². The number of allylic oxidation sites excluding steroid dienone is 2. The van der Waals surface area contributed by atoms with Crippen molar-refractivity contribution in [3.8, 4) is 22.5 Å². The van der Waals surface area contributed by atoms with Gasteiger partial charge in [0, 0.05) is 29.8 Å². The maximum atomic E-state index is 14.2. The fraction of sp³-hybridized carbons (Fsp3) is 0.472. The SMILES string of the molecule is CCCCCc1c(Cc2ccc(-c3ccccc3-c3nn[nH]n3)cc2)c(=O)n2n1C(C1(C(=O)OCC)CC(C)=C(C)C1)CCC2. The minimum atomic E-state index is -0.678. The average Bonchev–Trinajstić information content (AvgIpc) is 3.76. The van der Waals surface area contributed by atoms with Crippen molar-refractivity contribution < 1.29 is 9.53 Å². The Morgan fingerprint density at radius 3 is 2.42 bits per heavy atom. The summed E-state index contributed by atoms with van der Waals surface area (Å²) in [5, 5.41) is 14.6. The summed E-state index contributed by atoms with van der Waals surface area (Å²) in [6, 6.07) is 16.3. The van der Waals surface area contributed by atoms with E-state index in [-0.39, 0.29) is 17.6 Å². The molecule has 3 heterocycles. The van der Waals surface area contributed by atoms with Crippen LogP contribution < -0.4 is 5.56 Å². The lowest BCUT2D eigenvalue weighted by atomic mass is 9.74. The number of nitrogens with zero attached hydrogens (tertiary/aromatic N) is 5. The average molecular weight is 609 g/mol. The number of H-pyrrole nitrogens is 1. The fourth-order valence-electron chi connectivity index (χ4n) is 7.59. The molecule has 45 heavy (non-hydrogen) atoms. The van der Waals surface area contributed by atoms with Crippen LogP contribution in [0.25, 0.3) is 22.5 Å². The molecule has 9 nitrogen and oxygen atoms in total. The van der Waals surface area contributed by atoms with Crippen LogP contribution in [0, 0.1) is 5.41 Å². The molecule has 9 heteroatoms. The second kappa shape index (κ2) is 13.0. The molecule has 0 saturated carbocycles. The van der Waals surface area contributed by atoms with Crippen LogP contribution in [0.1, 0.15) is 95.5 Å². The van der Waals surface area contributed by atoms with Gasteiger partial charge in [0.2, 0.25) is 5.82 Å². The minimum absolute atomic E-state index is 0.0798. The van der Waals surface area contributed by atoms with Crippen LogP contribution in [0.4, 0.5) is 0 Å². The Kier molecular flexibility index (Phi) is 8.88. The van der Waals surface area contributed by atoms with Crippen molar-refractivity contribution in [3.05, 3.63) is 86.9 Å². The fourth-order valence-corrected chi connectivity index (χ4v) is 7.59. The highest BCUT2D eigenvalue weighted by molar-refractivity contribution is 5.80.